The SMILES string of the molecule is O=C(Nc1ccccc1)Nc1ccc(C(=O)Nc2ncccc2F)cc1. The summed E-state index contributed by atoms with van der Waals surface area (Å²) in [6.45, 7) is 0. The summed E-state index contributed by atoms with van der Waals surface area (Å²) in [6, 6.07) is 17.5. The summed E-state index contributed by atoms with van der Waals surface area (Å²) in [4.78, 5) is 27.8. The minimum Gasteiger partial charge on any atom is -0.308 e. The van der Waals surface area contributed by atoms with Crippen LogP contribution in [0.4, 0.5) is 26.4 Å². The Balaban J connectivity index is 1.60. The van der Waals surface area contributed by atoms with Crippen molar-refractivity contribution in [2.75, 3.05) is 16.0 Å². The van der Waals surface area contributed by atoms with E-state index in [0.717, 1.165) is 0 Å². The lowest BCUT2D eigenvalue weighted by Crippen LogP contribution is -2.19. The summed E-state index contributed by atoms with van der Waals surface area (Å²) >= 11 is 0. The molecule has 2 aromatic carbocycles. The molecular weight excluding hydrogens is 335 g/mol. The summed E-state index contributed by atoms with van der Waals surface area (Å²) in [5, 5.41) is 7.74. The quantitative estimate of drug-likeness (QED) is 0.662. The second-order valence-corrected chi connectivity index (χ2v) is 5.31. The number of carbonyl (C=O) groups is 2. The number of aromatic nitrogens is 1. The second-order valence-electron chi connectivity index (χ2n) is 5.31. The predicted molar refractivity (Wildman–Crippen MR) is 97.7 cm³/mol. The van der Waals surface area contributed by atoms with Crippen LogP contribution in [-0.2, 0) is 0 Å². The van der Waals surface area contributed by atoms with Crippen LogP contribution in [0.3, 0.4) is 0 Å². The van der Waals surface area contributed by atoms with E-state index in [9.17, 15) is 14.0 Å². The van der Waals surface area contributed by atoms with E-state index < -0.39 is 17.8 Å². The Labute approximate surface area is 149 Å². The van der Waals surface area contributed by atoms with Gasteiger partial charge in [0.15, 0.2) is 11.6 Å². The maximum absolute atomic E-state index is 13.5. The first-order valence-electron chi connectivity index (χ1n) is 7.77. The van der Waals surface area contributed by atoms with Crippen LogP contribution in [0, 0.1) is 5.82 Å². The van der Waals surface area contributed by atoms with Crippen LogP contribution in [-0.4, -0.2) is 16.9 Å². The molecule has 3 amide bonds. The molecule has 3 aromatic rings. The van der Waals surface area contributed by atoms with Gasteiger partial charge in [-0.15, -0.1) is 0 Å². The average molecular weight is 350 g/mol. The van der Waals surface area contributed by atoms with Gasteiger partial charge >= 0.3 is 6.03 Å². The molecule has 0 atom stereocenters. The van der Waals surface area contributed by atoms with Crippen LogP contribution in [0.15, 0.2) is 72.9 Å². The number of anilines is 3. The van der Waals surface area contributed by atoms with Crippen LogP contribution >= 0.6 is 0 Å². The summed E-state index contributed by atoms with van der Waals surface area (Å²) in [7, 11) is 0. The summed E-state index contributed by atoms with van der Waals surface area (Å²) in [5.74, 6) is -1.25. The lowest BCUT2D eigenvalue weighted by atomic mass is 10.2. The van der Waals surface area contributed by atoms with Crippen molar-refractivity contribution in [1.82, 2.24) is 4.98 Å². The first-order valence-corrected chi connectivity index (χ1v) is 7.77. The zero-order valence-electron chi connectivity index (χ0n) is 13.6. The molecule has 0 radical (unpaired) electrons. The molecule has 0 fully saturated rings. The van der Waals surface area contributed by atoms with Gasteiger partial charge in [0.25, 0.3) is 5.91 Å². The molecule has 3 rings (SSSR count). The fraction of sp³-hybridized carbons (Fsp3) is 0. The van der Waals surface area contributed by atoms with Gasteiger partial charge in [0.05, 0.1) is 0 Å². The molecule has 0 aliphatic heterocycles. The summed E-state index contributed by atoms with van der Waals surface area (Å²) in [6.07, 6.45) is 1.39. The highest BCUT2D eigenvalue weighted by atomic mass is 19.1. The Morgan fingerprint density at radius 2 is 1.42 bits per heavy atom. The van der Waals surface area contributed by atoms with Crippen molar-refractivity contribution in [3.63, 3.8) is 0 Å². The molecular formula is C19H15FN4O2. The molecule has 0 saturated heterocycles. The van der Waals surface area contributed by atoms with Crippen molar-refractivity contribution in [2.45, 2.75) is 0 Å². The van der Waals surface area contributed by atoms with E-state index in [1.54, 1.807) is 24.3 Å². The van der Waals surface area contributed by atoms with E-state index in [-0.39, 0.29) is 5.82 Å². The lowest BCUT2D eigenvalue weighted by Gasteiger charge is -2.09. The van der Waals surface area contributed by atoms with Gasteiger partial charge in [-0.3, -0.25) is 4.79 Å². The third kappa shape index (κ3) is 4.41. The topological polar surface area (TPSA) is 83.1 Å². The number of nitrogens with one attached hydrogen (secondary N) is 3. The molecule has 1 aromatic heterocycles. The fourth-order valence-electron chi connectivity index (χ4n) is 2.18. The van der Waals surface area contributed by atoms with Gasteiger partial charge in [-0.2, -0.15) is 0 Å². The number of urea groups is 1. The van der Waals surface area contributed by atoms with Crippen LogP contribution in [0.25, 0.3) is 0 Å². The molecule has 0 spiro atoms. The van der Waals surface area contributed by atoms with Gasteiger partial charge in [0, 0.05) is 23.1 Å². The van der Waals surface area contributed by atoms with Gasteiger partial charge < -0.3 is 16.0 Å². The van der Waals surface area contributed by atoms with Gasteiger partial charge in [0.2, 0.25) is 0 Å². The Morgan fingerprint density at radius 1 is 0.769 bits per heavy atom. The first-order chi connectivity index (χ1) is 12.6. The number of hydrogen-bond donors (Lipinski definition) is 3. The average Bonchev–Trinajstić information content (AvgIpc) is 2.65. The molecule has 130 valence electrons. The highest BCUT2D eigenvalue weighted by Crippen LogP contribution is 2.14. The highest BCUT2D eigenvalue weighted by Gasteiger charge is 2.10. The monoisotopic (exact) mass is 350 g/mol. The zero-order chi connectivity index (χ0) is 18.4. The largest absolute Gasteiger partial charge is 0.323 e. The van der Waals surface area contributed by atoms with Crippen molar-refractivity contribution in [1.29, 1.82) is 0 Å². The van der Waals surface area contributed by atoms with Crippen LogP contribution in [0.1, 0.15) is 10.4 Å². The van der Waals surface area contributed by atoms with Gasteiger partial charge in [-0.1, -0.05) is 18.2 Å². The Bertz CT molecular complexity index is 914. The number of benzene rings is 2. The maximum Gasteiger partial charge on any atom is 0.323 e. The summed E-state index contributed by atoms with van der Waals surface area (Å²) in [5.41, 5.74) is 1.49. The molecule has 1 heterocycles. The molecule has 7 heteroatoms. The molecule has 6 nitrogen and oxygen atoms in total. The minimum absolute atomic E-state index is 0.137. The Morgan fingerprint density at radius 3 is 2.08 bits per heavy atom. The van der Waals surface area contributed by atoms with Crippen molar-refractivity contribution in [3.05, 3.63) is 84.3 Å². The normalized spacial score (nSPS) is 10.0. The van der Waals surface area contributed by atoms with E-state index >= 15 is 0 Å². The molecule has 0 saturated carbocycles. The number of carbonyl (C=O) groups excluding carboxylic acids is 2. The van der Waals surface area contributed by atoms with Crippen molar-refractivity contribution >= 4 is 29.1 Å². The van der Waals surface area contributed by atoms with Crippen LogP contribution in [0.5, 0.6) is 0 Å². The molecule has 26 heavy (non-hydrogen) atoms. The number of halogens is 1. The third-order valence-electron chi connectivity index (χ3n) is 3.43. The van der Waals surface area contributed by atoms with E-state index in [0.29, 0.717) is 16.9 Å². The first kappa shape index (κ1) is 17.1. The fourth-order valence-corrected chi connectivity index (χ4v) is 2.18. The molecule has 0 bridgehead atoms. The number of pyridine rings is 1. The van der Waals surface area contributed by atoms with E-state index in [1.807, 2.05) is 18.2 Å². The highest BCUT2D eigenvalue weighted by molar-refractivity contribution is 6.04. The van der Waals surface area contributed by atoms with Gasteiger partial charge in [0.1, 0.15) is 0 Å². The molecule has 0 aliphatic carbocycles. The van der Waals surface area contributed by atoms with E-state index in [2.05, 4.69) is 20.9 Å². The van der Waals surface area contributed by atoms with Crippen molar-refractivity contribution in [3.8, 4) is 0 Å². The number of rotatable bonds is 4. The van der Waals surface area contributed by atoms with E-state index in [1.165, 1.54) is 30.5 Å². The second kappa shape index (κ2) is 7.89. The third-order valence-corrected chi connectivity index (χ3v) is 3.43. The maximum atomic E-state index is 13.5. The number of amides is 3. The van der Waals surface area contributed by atoms with E-state index in [4.69, 9.17) is 0 Å². The summed E-state index contributed by atoms with van der Waals surface area (Å²) < 4.78 is 13.5. The number of para-hydroxylation sites is 1. The zero-order valence-corrected chi connectivity index (χ0v) is 13.6. The molecule has 3 N–H and O–H groups in total. The van der Waals surface area contributed by atoms with Crippen LogP contribution in [0.2, 0.25) is 0 Å². The standard InChI is InChI=1S/C19H15FN4O2/c20-16-7-4-12-21-17(16)24-18(25)13-8-10-15(11-9-13)23-19(26)22-14-5-2-1-3-6-14/h1-12H,(H,21,24,25)(H2,22,23,26). The Kier molecular flexibility index (Phi) is 5.19. The lowest BCUT2D eigenvalue weighted by molar-refractivity contribution is 0.102. The van der Waals surface area contributed by atoms with Crippen molar-refractivity contribution < 1.29 is 14.0 Å². The number of nitrogens with zero attached hydrogens (tertiary/aromatic N) is 1. The van der Waals surface area contributed by atoms with Gasteiger partial charge in [-0.25, -0.2) is 14.2 Å². The number of hydrogen-bond acceptors (Lipinski definition) is 3. The smallest absolute Gasteiger partial charge is 0.308 e. The van der Waals surface area contributed by atoms with Crippen molar-refractivity contribution in [2.24, 2.45) is 0 Å². The Hall–Kier alpha value is -3.74. The minimum atomic E-state index is -0.614. The van der Waals surface area contributed by atoms with Gasteiger partial charge in [-0.05, 0) is 48.5 Å². The predicted octanol–water partition coefficient (Wildman–Crippen LogP) is 4.12. The molecule has 0 unspecified atom stereocenters. The van der Waals surface area contributed by atoms with Crippen LogP contribution < -0.4 is 16.0 Å². The molecule has 0 aliphatic rings.